The number of carbonyl (C=O) groups is 1. The molecule has 0 unspecified atom stereocenters. The lowest BCUT2D eigenvalue weighted by atomic mass is 10.00. The number of amides is 1. The van der Waals surface area contributed by atoms with Gasteiger partial charge in [-0.2, -0.15) is 11.8 Å². The Labute approximate surface area is 132 Å². The van der Waals surface area contributed by atoms with Crippen LogP contribution in [0.15, 0.2) is 24.3 Å². The van der Waals surface area contributed by atoms with E-state index in [0.29, 0.717) is 0 Å². The zero-order chi connectivity index (χ0) is 15.2. The van der Waals surface area contributed by atoms with E-state index < -0.39 is 0 Å². The smallest absolute Gasteiger partial charge is 0.237 e. The zero-order valence-electron chi connectivity index (χ0n) is 13.3. The van der Waals surface area contributed by atoms with Crippen LogP contribution in [0.4, 0.5) is 5.69 Å². The fraction of sp³-hybridized carbons (Fsp3) is 0.588. The topological polar surface area (TPSA) is 32.3 Å². The second-order valence-corrected chi connectivity index (χ2v) is 7.23. The molecule has 0 spiro atoms. The minimum atomic E-state index is -0.0143. The Bertz CT molecular complexity index is 460. The Kier molecular flexibility index (Phi) is 6.12. The first-order chi connectivity index (χ1) is 10.1. The van der Waals surface area contributed by atoms with Gasteiger partial charge in [-0.3, -0.25) is 9.69 Å². The molecule has 1 aliphatic heterocycles. The van der Waals surface area contributed by atoms with E-state index in [-0.39, 0.29) is 11.2 Å². The highest BCUT2D eigenvalue weighted by atomic mass is 32.2. The molecule has 0 aliphatic carbocycles. The van der Waals surface area contributed by atoms with Crippen molar-refractivity contribution in [2.75, 3.05) is 24.7 Å². The highest BCUT2D eigenvalue weighted by Crippen LogP contribution is 2.19. The van der Waals surface area contributed by atoms with Crippen LogP contribution in [0.3, 0.4) is 0 Å². The van der Waals surface area contributed by atoms with Crippen molar-refractivity contribution in [1.82, 2.24) is 4.90 Å². The number of thioether (sulfide) groups is 1. The van der Waals surface area contributed by atoms with Gasteiger partial charge in [0.15, 0.2) is 0 Å². The summed E-state index contributed by atoms with van der Waals surface area (Å²) in [5.74, 6) is 0.880. The van der Waals surface area contributed by atoms with E-state index in [1.54, 1.807) is 11.8 Å². The number of rotatable bonds is 5. The summed E-state index contributed by atoms with van der Waals surface area (Å²) in [6, 6.07) is 8.26. The predicted molar refractivity (Wildman–Crippen MR) is 91.7 cm³/mol. The highest BCUT2D eigenvalue weighted by molar-refractivity contribution is 7.99. The van der Waals surface area contributed by atoms with Gasteiger partial charge in [-0.05, 0) is 56.2 Å². The second-order valence-electron chi connectivity index (χ2n) is 6.05. The van der Waals surface area contributed by atoms with Gasteiger partial charge in [0.1, 0.15) is 0 Å². The largest absolute Gasteiger partial charge is 0.325 e. The lowest BCUT2D eigenvalue weighted by Crippen LogP contribution is -2.33. The van der Waals surface area contributed by atoms with Crippen molar-refractivity contribution in [2.45, 2.75) is 38.5 Å². The maximum absolute atomic E-state index is 11.8. The summed E-state index contributed by atoms with van der Waals surface area (Å²) in [5.41, 5.74) is 2.21. The van der Waals surface area contributed by atoms with Gasteiger partial charge in [-0.1, -0.05) is 19.1 Å². The molecule has 1 aromatic rings. The lowest BCUT2D eigenvalue weighted by molar-refractivity contribution is -0.115. The average Bonchev–Trinajstić information content (AvgIpc) is 2.48. The summed E-state index contributed by atoms with van der Waals surface area (Å²) < 4.78 is 0. The molecule has 4 heteroatoms. The summed E-state index contributed by atoms with van der Waals surface area (Å²) in [6.45, 7) is 7.67. The molecule has 0 aromatic heterocycles. The van der Waals surface area contributed by atoms with Crippen molar-refractivity contribution in [3.8, 4) is 0 Å². The molecule has 1 aromatic carbocycles. The molecule has 3 nitrogen and oxygen atoms in total. The number of anilines is 1. The van der Waals surface area contributed by atoms with Crippen LogP contribution in [0.25, 0.3) is 0 Å². The van der Waals surface area contributed by atoms with Crippen molar-refractivity contribution in [3.05, 3.63) is 29.8 Å². The molecule has 0 saturated carbocycles. The van der Waals surface area contributed by atoms with E-state index in [2.05, 4.69) is 29.3 Å². The van der Waals surface area contributed by atoms with E-state index in [0.717, 1.165) is 18.2 Å². The Balaban J connectivity index is 1.88. The number of nitrogens with one attached hydrogen (secondary N) is 1. The molecule has 1 amide bonds. The number of carbonyl (C=O) groups excluding carboxylic acids is 1. The molecule has 1 fully saturated rings. The van der Waals surface area contributed by atoms with Gasteiger partial charge < -0.3 is 5.32 Å². The van der Waals surface area contributed by atoms with Crippen molar-refractivity contribution >= 4 is 23.4 Å². The first kappa shape index (κ1) is 16.4. The number of likely N-dealkylation sites (tertiary alicyclic amines) is 1. The molecule has 116 valence electrons. The minimum absolute atomic E-state index is 0.0143. The number of piperidine rings is 1. The molecule has 1 heterocycles. The van der Waals surface area contributed by atoms with Gasteiger partial charge in [0.05, 0.1) is 5.25 Å². The van der Waals surface area contributed by atoms with E-state index in [1.807, 2.05) is 25.3 Å². The van der Waals surface area contributed by atoms with E-state index in [4.69, 9.17) is 0 Å². The Morgan fingerprint density at radius 3 is 2.76 bits per heavy atom. The van der Waals surface area contributed by atoms with Gasteiger partial charge in [0.25, 0.3) is 0 Å². The predicted octanol–water partition coefficient (Wildman–Crippen LogP) is 3.61. The van der Waals surface area contributed by atoms with Gasteiger partial charge in [0, 0.05) is 18.8 Å². The van der Waals surface area contributed by atoms with Gasteiger partial charge >= 0.3 is 0 Å². The Morgan fingerprint density at radius 2 is 2.14 bits per heavy atom. The lowest BCUT2D eigenvalue weighted by Gasteiger charge is -2.30. The van der Waals surface area contributed by atoms with Gasteiger partial charge in [-0.25, -0.2) is 0 Å². The molecular weight excluding hydrogens is 280 g/mol. The van der Waals surface area contributed by atoms with Crippen LogP contribution in [-0.4, -0.2) is 35.4 Å². The first-order valence-corrected chi connectivity index (χ1v) is 9.02. The number of benzene rings is 1. The van der Waals surface area contributed by atoms with E-state index in [9.17, 15) is 4.79 Å². The minimum Gasteiger partial charge on any atom is -0.325 e. The van der Waals surface area contributed by atoms with Crippen LogP contribution in [0.2, 0.25) is 0 Å². The third-order valence-electron chi connectivity index (χ3n) is 4.09. The molecule has 2 atom stereocenters. The molecule has 1 saturated heterocycles. The monoisotopic (exact) mass is 306 g/mol. The van der Waals surface area contributed by atoms with Crippen LogP contribution >= 0.6 is 11.8 Å². The van der Waals surface area contributed by atoms with E-state index >= 15 is 0 Å². The summed E-state index contributed by atoms with van der Waals surface area (Å²) >= 11 is 1.56. The number of hydrogen-bond donors (Lipinski definition) is 1. The second kappa shape index (κ2) is 7.85. The fourth-order valence-electron chi connectivity index (χ4n) is 2.73. The Hall–Kier alpha value is -1.00. The van der Waals surface area contributed by atoms with Crippen LogP contribution < -0.4 is 5.32 Å². The van der Waals surface area contributed by atoms with Crippen molar-refractivity contribution in [2.24, 2.45) is 5.92 Å². The molecule has 1 aliphatic rings. The zero-order valence-corrected chi connectivity index (χ0v) is 14.1. The van der Waals surface area contributed by atoms with Crippen LogP contribution in [0.5, 0.6) is 0 Å². The molecule has 0 radical (unpaired) electrons. The van der Waals surface area contributed by atoms with Crippen molar-refractivity contribution in [3.63, 3.8) is 0 Å². The molecular formula is C17H26N2OS. The Morgan fingerprint density at radius 1 is 1.43 bits per heavy atom. The van der Waals surface area contributed by atoms with E-state index in [1.165, 1.54) is 31.5 Å². The maximum atomic E-state index is 11.8. The number of hydrogen-bond acceptors (Lipinski definition) is 3. The van der Waals surface area contributed by atoms with Crippen molar-refractivity contribution in [1.29, 1.82) is 0 Å². The van der Waals surface area contributed by atoms with Crippen LogP contribution in [0, 0.1) is 5.92 Å². The molecule has 1 N–H and O–H groups in total. The highest BCUT2D eigenvalue weighted by Gasteiger charge is 2.16. The quantitative estimate of drug-likeness (QED) is 0.902. The maximum Gasteiger partial charge on any atom is 0.237 e. The summed E-state index contributed by atoms with van der Waals surface area (Å²) in [6.07, 6.45) is 4.62. The molecule has 21 heavy (non-hydrogen) atoms. The molecule has 2 rings (SSSR count). The summed E-state index contributed by atoms with van der Waals surface area (Å²) in [4.78, 5) is 14.4. The third kappa shape index (κ3) is 5.04. The van der Waals surface area contributed by atoms with Crippen molar-refractivity contribution < 1.29 is 4.79 Å². The standard InChI is InChI=1S/C17H26N2OS/c1-13-5-4-10-19(11-13)12-15-6-8-16(9-7-15)18-17(20)14(2)21-3/h6-9,13-14H,4-5,10-12H2,1-3H3,(H,18,20)/t13-,14-/m0/s1. The first-order valence-electron chi connectivity index (χ1n) is 7.73. The van der Waals surface area contributed by atoms with Gasteiger partial charge in [0.2, 0.25) is 5.91 Å². The average molecular weight is 306 g/mol. The summed E-state index contributed by atoms with van der Waals surface area (Å²) in [7, 11) is 0. The molecule has 0 bridgehead atoms. The fourth-order valence-corrected chi connectivity index (χ4v) is 3.01. The van der Waals surface area contributed by atoms with Crippen LogP contribution in [0.1, 0.15) is 32.3 Å². The summed E-state index contributed by atoms with van der Waals surface area (Å²) in [5, 5.41) is 2.94. The number of nitrogens with zero attached hydrogens (tertiary/aromatic N) is 1. The third-order valence-corrected chi connectivity index (χ3v) is 5.01. The SMILES string of the molecule is CS[C@@H](C)C(=O)Nc1ccc(CN2CCC[C@H](C)C2)cc1. The normalized spacial score (nSPS) is 21.0. The van der Waals surface area contributed by atoms with Gasteiger partial charge in [-0.15, -0.1) is 0 Å². The van der Waals surface area contributed by atoms with Crippen LogP contribution in [-0.2, 0) is 11.3 Å².